The summed E-state index contributed by atoms with van der Waals surface area (Å²) in [6.45, 7) is 0.257. The number of carbonyl (C=O) groups excluding carboxylic acids is 2. The molecule has 13 heavy (non-hydrogen) atoms. The Labute approximate surface area is 76.3 Å². The molecule has 1 saturated heterocycles. The lowest BCUT2D eigenvalue weighted by atomic mass is 10.0. The molecule has 1 N–H and O–H groups in total. The Morgan fingerprint density at radius 1 is 1.77 bits per heavy atom. The lowest BCUT2D eigenvalue weighted by Gasteiger charge is -2.11. The van der Waals surface area contributed by atoms with Gasteiger partial charge in [-0.15, -0.1) is 0 Å². The predicted molar refractivity (Wildman–Crippen MR) is 43.5 cm³/mol. The molecule has 0 aromatic rings. The number of hydrogen-bond donors (Lipinski definition) is 1. The Morgan fingerprint density at radius 3 is 2.92 bits per heavy atom. The van der Waals surface area contributed by atoms with E-state index in [1.54, 1.807) is 0 Å². The average Bonchev–Trinajstić information content (AvgIpc) is 2.48. The molecular weight excluding hydrogens is 174 g/mol. The molecule has 1 rings (SSSR count). The highest BCUT2D eigenvalue weighted by Crippen LogP contribution is 2.20. The fourth-order valence-electron chi connectivity index (χ4n) is 1.42. The molecule has 0 saturated carbocycles. The fraction of sp³-hybridized carbons (Fsp3) is 0.750. The summed E-state index contributed by atoms with van der Waals surface area (Å²) in [6.07, 6.45) is 0.736. The zero-order valence-electron chi connectivity index (χ0n) is 7.52. The summed E-state index contributed by atoms with van der Waals surface area (Å²) in [6, 6.07) is 0. The first-order valence-corrected chi connectivity index (χ1v) is 4.15. The van der Waals surface area contributed by atoms with Crippen LogP contribution in [0, 0.1) is 5.92 Å². The van der Waals surface area contributed by atoms with Gasteiger partial charge in [0.25, 0.3) is 0 Å². The van der Waals surface area contributed by atoms with E-state index in [0.717, 1.165) is 0 Å². The highest BCUT2D eigenvalue weighted by atomic mass is 16.5. The van der Waals surface area contributed by atoms with Gasteiger partial charge in [-0.25, -0.2) is 0 Å². The van der Waals surface area contributed by atoms with Crippen LogP contribution in [0.4, 0.5) is 0 Å². The second kappa shape index (κ2) is 4.23. The van der Waals surface area contributed by atoms with Gasteiger partial charge in [0.05, 0.1) is 19.4 Å². The van der Waals surface area contributed by atoms with Gasteiger partial charge >= 0.3 is 5.97 Å². The molecule has 1 aliphatic heterocycles. The Morgan fingerprint density at radius 2 is 2.46 bits per heavy atom. The number of aliphatic hydroxyl groups is 1. The number of amides is 1. The van der Waals surface area contributed by atoms with Crippen LogP contribution in [-0.2, 0) is 14.3 Å². The van der Waals surface area contributed by atoms with Crippen molar-refractivity contribution in [2.24, 2.45) is 5.92 Å². The van der Waals surface area contributed by atoms with Crippen LogP contribution in [0.3, 0.4) is 0 Å². The topological polar surface area (TPSA) is 66.8 Å². The first-order chi connectivity index (χ1) is 6.19. The van der Waals surface area contributed by atoms with Crippen LogP contribution in [0.5, 0.6) is 0 Å². The standard InChI is InChI=1S/C8H13NO4/c1-13-7(11)4-6-2-3-9(5-10)8(6)12/h6,10H,2-5H2,1H3. The van der Waals surface area contributed by atoms with E-state index in [0.29, 0.717) is 13.0 Å². The molecule has 0 bridgehead atoms. The monoisotopic (exact) mass is 187 g/mol. The predicted octanol–water partition coefficient (Wildman–Crippen LogP) is -0.652. The van der Waals surface area contributed by atoms with Gasteiger partial charge < -0.3 is 14.7 Å². The molecule has 1 atom stereocenters. The molecule has 1 amide bonds. The number of methoxy groups -OCH3 is 1. The van der Waals surface area contributed by atoms with Crippen molar-refractivity contribution in [3.05, 3.63) is 0 Å². The Bertz CT molecular complexity index is 216. The van der Waals surface area contributed by atoms with Crippen LogP contribution < -0.4 is 0 Å². The zero-order valence-corrected chi connectivity index (χ0v) is 7.52. The fourth-order valence-corrected chi connectivity index (χ4v) is 1.42. The van der Waals surface area contributed by atoms with Gasteiger partial charge in [0.2, 0.25) is 5.91 Å². The van der Waals surface area contributed by atoms with E-state index < -0.39 is 0 Å². The van der Waals surface area contributed by atoms with Crippen molar-refractivity contribution in [2.45, 2.75) is 12.8 Å². The van der Waals surface area contributed by atoms with Crippen molar-refractivity contribution in [1.82, 2.24) is 4.90 Å². The van der Waals surface area contributed by atoms with Gasteiger partial charge in [0, 0.05) is 6.54 Å². The molecule has 0 aromatic heterocycles. The van der Waals surface area contributed by atoms with Crippen LogP contribution in [0.15, 0.2) is 0 Å². The van der Waals surface area contributed by atoms with Crippen molar-refractivity contribution in [3.63, 3.8) is 0 Å². The number of likely N-dealkylation sites (tertiary alicyclic amines) is 1. The molecule has 0 radical (unpaired) electrons. The summed E-state index contributed by atoms with van der Waals surface area (Å²) < 4.78 is 4.46. The molecule has 0 spiro atoms. The molecule has 5 heteroatoms. The maximum Gasteiger partial charge on any atom is 0.306 e. The summed E-state index contributed by atoms with van der Waals surface area (Å²) in [5.41, 5.74) is 0. The molecule has 1 fully saturated rings. The summed E-state index contributed by atoms with van der Waals surface area (Å²) in [5.74, 6) is -0.842. The first-order valence-electron chi connectivity index (χ1n) is 4.15. The summed E-state index contributed by atoms with van der Waals surface area (Å²) in [5, 5.41) is 8.73. The minimum absolute atomic E-state index is 0.117. The Kier molecular flexibility index (Phi) is 3.25. The van der Waals surface area contributed by atoms with Crippen LogP contribution in [-0.4, -0.2) is 42.3 Å². The van der Waals surface area contributed by atoms with Gasteiger partial charge in [0.15, 0.2) is 0 Å². The van der Waals surface area contributed by atoms with E-state index in [-0.39, 0.29) is 30.9 Å². The molecule has 1 heterocycles. The molecule has 0 aliphatic carbocycles. The maximum absolute atomic E-state index is 11.3. The summed E-state index contributed by atoms with van der Waals surface area (Å²) >= 11 is 0. The van der Waals surface area contributed by atoms with Gasteiger partial charge in [-0.05, 0) is 6.42 Å². The summed E-state index contributed by atoms with van der Waals surface area (Å²) in [4.78, 5) is 23.5. The van der Waals surface area contributed by atoms with E-state index in [2.05, 4.69) is 4.74 Å². The minimum Gasteiger partial charge on any atom is -0.469 e. The first kappa shape index (κ1) is 9.98. The van der Waals surface area contributed by atoms with Crippen molar-refractivity contribution >= 4 is 11.9 Å². The molecular formula is C8H13NO4. The second-order valence-corrected chi connectivity index (χ2v) is 3.01. The van der Waals surface area contributed by atoms with Crippen LogP contribution in [0.2, 0.25) is 0 Å². The van der Waals surface area contributed by atoms with Gasteiger partial charge in [-0.2, -0.15) is 0 Å². The van der Waals surface area contributed by atoms with E-state index in [4.69, 9.17) is 5.11 Å². The van der Waals surface area contributed by atoms with E-state index in [9.17, 15) is 9.59 Å². The van der Waals surface area contributed by atoms with Gasteiger partial charge in [-0.3, -0.25) is 9.59 Å². The molecule has 5 nitrogen and oxygen atoms in total. The largest absolute Gasteiger partial charge is 0.469 e. The average molecular weight is 187 g/mol. The molecule has 0 aromatic carbocycles. The van der Waals surface area contributed by atoms with Crippen molar-refractivity contribution in [1.29, 1.82) is 0 Å². The molecule has 74 valence electrons. The highest BCUT2D eigenvalue weighted by Gasteiger charge is 2.32. The lowest BCUT2D eigenvalue weighted by Crippen LogP contribution is -2.29. The third-order valence-electron chi connectivity index (χ3n) is 2.22. The SMILES string of the molecule is COC(=O)CC1CCN(CO)C1=O. The highest BCUT2D eigenvalue weighted by molar-refractivity contribution is 5.85. The van der Waals surface area contributed by atoms with Crippen molar-refractivity contribution in [2.75, 3.05) is 20.4 Å². The third-order valence-corrected chi connectivity index (χ3v) is 2.22. The second-order valence-electron chi connectivity index (χ2n) is 3.01. The van der Waals surface area contributed by atoms with E-state index in [1.807, 2.05) is 0 Å². The van der Waals surface area contributed by atoms with Crippen LogP contribution in [0.25, 0.3) is 0 Å². The smallest absolute Gasteiger partial charge is 0.306 e. The van der Waals surface area contributed by atoms with E-state index >= 15 is 0 Å². The normalized spacial score (nSPS) is 22.2. The number of aliphatic hydroxyl groups excluding tert-OH is 1. The van der Waals surface area contributed by atoms with Crippen molar-refractivity contribution < 1.29 is 19.4 Å². The number of carbonyl (C=O) groups is 2. The number of hydrogen-bond acceptors (Lipinski definition) is 4. The number of ether oxygens (including phenoxy) is 1. The number of rotatable bonds is 3. The quantitative estimate of drug-likeness (QED) is 0.596. The number of nitrogens with zero attached hydrogens (tertiary/aromatic N) is 1. The Balaban J connectivity index is 2.45. The van der Waals surface area contributed by atoms with Crippen LogP contribution in [0.1, 0.15) is 12.8 Å². The van der Waals surface area contributed by atoms with Crippen molar-refractivity contribution in [3.8, 4) is 0 Å². The van der Waals surface area contributed by atoms with Gasteiger partial charge in [-0.1, -0.05) is 0 Å². The maximum atomic E-state index is 11.3. The van der Waals surface area contributed by atoms with Gasteiger partial charge in [0.1, 0.15) is 6.73 Å². The van der Waals surface area contributed by atoms with Crippen LogP contribution >= 0.6 is 0 Å². The number of esters is 1. The minimum atomic E-state index is -0.377. The molecule has 1 aliphatic rings. The summed E-state index contributed by atoms with van der Waals surface area (Å²) in [7, 11) is 1.30. The Hall–Kier alpha value is -1.10. The lowest BCUT2D eigenvalue weighted by molar-refractivity contribution is -0.145. The molecule has 1 unspecified atom stereocenters. The van der Waals surface area contributed by atoms with E-state index in [1.165, 1.54) is 12.0 Å². The third kappa shape index (κ3) is 2.18. The zero-order chi connectivity index (χ0) is 9.84.